The van der Waals surface area contributed by atoms with Crippen molar-refractivity contribution < 1.29 is 23.1 Å². The molecular weight excluding hydrogens is 530 g/mol. The molecule has 1 amide bonds. The van der Waals surface area contributed by atoms with Gasteiger partial charge < -0.3 is 20.5 Å². The monoisotopic (exact) mass is 561 g/mol. The zero-order valence-corrected chi connectivity index (χ0v) is 23.5. The average molecular weight is 562 g/mol. The minimum Gasteiger partial charge on any atom is -0.496 e. The smallest absolute Gasteiger partial charge is 0.349 e. The summed E-state index contributed by atoms with van der Waals surface area (Å²) in [6.45, 7) is 7.25. The highest BCUT2D eigenvalue weighted by molar-refractivity contribution is 6.36. The van der Waals surface area contributed by atoms with Gasteiger partial charge in [-0.05, 0) is 56.7 Å². The van der Waals surface area contributed by atoms with Gasteiger partial charge in [-0.1, -0.05) is 29.3 Å². The fourth-order valence-corrected chi connectivity index (χ4v) is 5.93. The summed E-state index contributed by atoms with van der Waals surface area (Å²) in [5.74, 6) is 0.321. The highest BCUT2D eigenvalue weighted by Crippen LogP contribution is 2.38. The van der Waals surface area contributed by atoms with Crippen LogP contribution in [-0.2, 0) is 0 Å². The summed E-state index contributed by atoms with van der Waals surface area (Å²) in [6, 6.07) is 10.2. The van der Waals surface area contributed by atoms with E-state index >= 15 is 0 Å². The largest absolute Gasteiger partial charge is 0.496 e. The number of nitrogens with one attached hydrogen (secondary N) is 1. The summed E-state index contributed by atoms with van der Waals surface area (Å²) in [5.41, 5.74) is 8.37. The Morgan fingerprint density at radius 1 is 1.13 bits per heavy atom. The van der Waals surface area contributed by atoms with Crippen LogP contribution in [-0.4, -0.2) is 54.7 Å². The number of aromatic nitrogens is 1. The number of anilines is 1. The molecule has 1 saturated heterocycles. The van der Waals surface area contributed by atoms with Crippen molar-refractivity contribution in [3.8, 4) is 22.6 Å². The molecule has 2 heterocycles. The van der Waals surface area contributed by atoms with Crippen LogP contribution < -0.4 is 20.5 Å². The fourth-order valence-electron chi connectivity index (χ4n) is 5.25. The summed E-state index contributed by atoms with van der Waals surface area (Å²) >= 11 is 12.4. The average Bonchev–Trinajstić information content (AvgIpc) is 2.86. The molecule has 4 rings (SSSR count). The maximum absolute atomic E-state index is 14.0. The van der Waals surface area contributed by atoms with Gasteiger partial charge in [0.2, 0.25) is 0 Å². The van der Waals surface area contributed by atoms with Gasteiger partial charge in [-0.15, -0.1) is 0 Å². The summed E-state index contributed by atoms with van der Waals surface area (Å²) < 4.78 is 26.0. The minimum absolute atomic E-state index is 0.00530. The van der Waals surface area contributed by atoms with E-state index < -0.39 is 11.9 Å². The molecule has 0 radical (unpaired) electrons. The molecule has 3 N–H and O–H groups in total. The molecule has 10 heteroatoms. The Morgan fingerprint density at radius 3 is 2.45 bits per heavy atom. The van der Waals surface area contributed by atoms with E-state index in [1.165, 1.54) is 12.1 Å². The van der Waals surface area contributed by atoms with E-state index in [1.54, 1.807) is 38.4 Å². The van der Waals surface area contributed by atoms with Crippen molar-refractivity contribution in [3.05, 3.63) is 69.6 Å². The van der Waals surface area contributed by atoms with Crippen molar-refractivity contribution in [2.24, 2.45) is 0 Å². The third-order valence-corrected chi connectivity index (χ3v) is 7.56. The summed E-state index contributed by atoms with van der Waals surface area (Å²) in [5, 5.41) is 3.65. The number of halogens is 3. The molecule has 2 unspecified atom stereocenters. The number of piperazine rings is 1. The molecule has 202 valence electrons. The molecule has 3 aromatic rings. The molecule has 1 fully saturated rings. The van der Waals surface area contributed by atoms with Crippen LogP contribution in [0.3, 0.4) is 0 Å². The number of methoxy groups -OCH3 is 1. The maximum atomic E-state index is 14.0. The van der Waals surface area contributed by atoms with Crippen LogP contribution in [0, 0.1) is 5.82 Å². The van der Waals surface area contributed by atoms with Crippen molar-refractivity contribution in [3.63, 3.8) is 0 Å². The fraction of sp³-hybridized carbons (Fsp3) is 0.357. The number of ether oxygens (including phenoxy) is 2. The second-order valence-corrected chi connectivity index (χ2v) is 10.9. The SMILES string of the molecule is COc1cc(-c2cnc(N)c(OC(C)c3c(Cl)ccc(F)c3Cl)c2)ccc1C(=O)[N+]1(C)C[C@@H](C)N[C@@H](C)C1. The Hall–Kier alpha value is -2.91. The predicted molar refractivity (Wildman–Crippen MR) is 148 cm³/mol. The van der Waals surface area contributed by atoms with Crippen LogP contribution >= 0.6 is 23.2 Å². The standard InChI is InChI=1S/C28H31Cl2FN4O3/c1-15-13-35(4,14-16(2)34-15)28(36)20-7-6-18(10-23(20)37-5)19-11-24(27(32)33-12-19)38-17(3)25-21(29)8-9-22(31)26(25)30/h6-12,15-17,34H,13-14H2,1-5H3,(H-,32,33,36)/p+1/t15-,16+,17?,35?. The Labute approximate surface area is 232 Å². The molecule has 38 heavy (non-hydrogen) atoms. The number of quaternary nitrogens is 1. The first-order valence-corrected chi connectivity index (χ1v) is 13.1. The molecule has 2 aromatic carbocycles. The Morgan fingerprint density at radius 2 is 1.79 bits per heavy atom. The third kappa shape index (κ3) is 5.59. The lowest BCUT2D eigenvalue weighted by Crippen LogP contribution is -2.65. The van der Waals surface area contributed by atoms with Crippen LogP contribution in [0.4, 0.5) is 10.2 Å². The van der Waals surface area contributed by atoms with Crippen molar-refractivity contribution in [1.29, 1.82) is 0 Å². The molecule has 0 bridgehead atoms. The lowest BCUT2D eigenvalue weighted by atomic mass is 10.0. The highest BCUT2D eigenvalue weighted by Gasteiger charge is 2.41. The van der Waals surface area contributed by atoms with E-state index in [-0.39, 0.29) is 44.1 Å². The number of nitrogen functional groups attached to an aromatic ring is 1. The first-order chi connectivity index (χ1) is 17.9. The van der Waals surface area contributed by atoms with E-state index in [4.69, 9.17) is 38.4 Å². The molecule has 0 spiro atoms. The number of hydrogen-bond acceptors (Lipinski definition) is 6. The molecule has 0 saturated carbocycles. The highest BCUT2D eigenvalue weighted by atomic mass is 35.5. The summed E-state index contributed by atoms with van der Waals surface area (Å²) in [6.07, 6.45) is 0.909. The zero-order valence-electron chi connectivity index (χ0n) is 22.0. The van der Waals surface area contributed by atoms with E-state index in [0.717, 1.165) is 5.56 Å². The van der Waals surface area contributed by atoms with Crippen molar-refractivity contribution in [2.45, 2.75) is 39.0 Å². The number of carbonyl (C=O) groups is 1. The minimum atomic E-state index is -0.701. The first kappa shape index (κ1) is 28.1. The van der Waals surface area contributed by atoms with E-state index in [1.807, 2.05) is 13.1 Å². The van der Waals surface area contributed by atoms with E-state index in [0.29, 0.717) is 35.5 Å². The number of pyridine rings is 1. The molecule has 7 nitrogen and oxygen atoms in total. The number of nitrogens with zero attached hydrogens (tertiary/aromatic N) is 2. The van der Waals surface area contributed by atoms with E-state index in [2.05, 4.69) is 24.1 Å². The van der Waals surface area contributed by atoms with Gasteiger partial charge in [0.05, 0.1) is 31.3 Å². The molecule has 1 aromatic heterocycles. The van der Waals surface area contributed by atoms with Crippen LogP contribution in [0.15, 0.2) is 42.6 Å². The molecular formula is C28H32Cl2FN4O3+. The molecule has 1 aliphatic rings. The number of likely N-dealkylation sites (N-methyl/N-ethyl adjacent to an activating group) is 1. The van der Waals surface area contributed by atoms with Gasteiger partial charge in [0.1, 0.15) is 36.3 Å². The van der Waals surface area contributed by atoms with Crippen LogP contribution in [0.2, 0.25) is 10.0 Å². The predicted octanol–water partition coefficient (Wildman–Crippen LogP) is 5.89. The normalized spacial score (nSPS) is 22.1. The van der Waals surface area contributed by atoms with Crippen LogP contribution in [0.1, 0.15) is 42.8 Å². The van der Waals surface area contributed by atoms with Gasteiger partial charge in [0.15, 0.2) is 11.6 Å². The van der Waals surface area contributed by atoms with Gasteiger partial charge in [-0.25, -0.2) is 14.2 Å². The van der Waals surface area contributed by atoms with Gasteiger partial charge in [0, 0.05) is 22.3 Å². The van der Waals surface area contributed by atoms with Gasteiger partial charge in [0.25, 0.3) is 0 Å². The molecule has 4 atom stereocenters. The van der Waals surface area contributed by atoms with Crippen molar-refractivity contribution in [1.82, 2.24) is 10.3 Å². The second kappa shape index (κ2) is 11.1. The van der Waals surface area contributed by atoms with Crippen molar-refractivity contribution in [2.75, 3.05) is 33.0 Å². The number of amides is 1. The van der Waals surface area contributed by atoms with Crippen LogP contribution in [0.25, 0.3) is 11.1 Å². The summed E-state index contributed by atoms with van der Waals surface area (Å²) in [7, 11) is 3.51. The zero-order chi connectivity index (χ0) is 27.8. The number of nitrogens with two attached hydrogens (primary N) is 1. The molecule has 1 aliphatic heterocycles. The van der Waals surface area contributed by atoms with Crippen molar-refractivity contribution >= 4 is 34.9 Å². The maximum Gasteiger partial charge on any atom is 0.349 e. The first-order valence-electron chi connectivity index (χ1n) is 12.3. The second-order valence-electron chi connectivity index (χ2n) is 10.1. The number of hydrogen-bond donors (Lipinski definition) is 2. The van der Waals surface area contributed by atoms with Gasteiger partial charge in [-0.2, -0.15) is 0 Å². The number of carbonyl (C=O) groups excluding carboxylic acids is 1. The van der Waals surface area contributed by atoms with Gasteiger partial charge in [-0.3, -0.25) is 4.48 Å². The van der Waals surface area contributed by atoms with Gasteiger partial charge >= 0.3 is 5.91 Å². The van der Waals surface area contributed by atoms with E-state index in [9.17, 15) is 9.18 Å². The number of benzene rings is 2. The summed E-state index contributed by atoms with van der Waals surface area (Å²) in [4.78, 5) is 17.9. The Bertz CT molecular complexity index is 1360. The van der Waals surface area contributed by atoms with Crippen LogP contribution in [0.5, 0.6) is 11.5 Å². The quantitative estimate of drug-likeness (QED) is 0.288. The lowest BCUT2D eigenvalue weighted by Gasteiger charge is -2.41. The third-order valence-electron chi connectivity index (χ3n) is 6.85. The Kier molecular flexibility index (Phi) is 8.18. The molecule has 0 aliphatic carbocycles. The number of rotatable bonds is 6. The topological polar surface area (TPSA) is 86.5 Å². The lowest BCUT2D eigenvalue weighted by molar-refractivity contribution is -0.836. The Balaban J connectivity index is 1.64.